The smallest absolute Gasteiger partial charge is 0.259 e. The molecule has 11 nitrogen and oxygen atoms in total. The van der Waals surface area contributed by atoms with Gasteiger partial charge in [-0.05, 0) is 36.9 Å². The molecule has 35 heavy (non-hydrogen) atoms. The van der Waals surface area contributed by atoms with E-state index >= 15 is 0 Å². The molecule has 12 heteroatoms. The summed E-state index contributed by atoms with van der Waals surface area (Å²) in [5.74, 6) is -0.750. The Balaban J connectivity index is 1.77. The Morgan fingerprint density at radius 1 is 1.26 bits per heavy atom. The van der Waals surface area contributed by atoms with Crippen molar-refractivity contribution in [2.75, 3.05) is 25.6 Å². The summed E-state index contributed by atoms with van der Waals surface area (Å²) >= 11 is 0. The molecule has 0 spiro atoms. The van der Waals surface area contributed by atoms with Gasteiger partial charge in [-0.25, -0.2) is 22.2 Å². The summed E-state index contributed by atoms with van der Waals surface area (Å²) in [4.78, 5) is 30.9. The lowest BCUT2D eigenvalue weighted by molar-refractivity contribution is 0.0940. The first-order valence-electron chi connectivity index (χ1n) is 10.9. The van der Waals surface area contributed by atoms with E-state index in [-0.39, 0.29) is 29.2 Å². The van der Waals surface area contributed by atoms with Crippen molar-refractivity contribution in [3.05, 3.63) is 69.9 Å². The van der Waals surface area contributed by atoms with Crippen molar-refractivity contribution in [2.45, 2.75) is 26.4 Å². The molecule has 0 fully saturated rings. The molecule has 1 aromatic carbocycles. The van der Waals surface area contributed by atoms with Crippen LogP contribution in [0.15, 0.2) is 47.5 Å². The average molecular weight is 498 g/mol. The normalized spacial score (nSPS) is 12.9. The van der Waals surface area contributed by atoms with Gasteiger partial charge in [-0.3, -0.25) is 9.59 Å². The first-order chi connectivity index (χ1) is 16.5. The molecule has 1 atom stereocenters. The van der Waals surface area contributed by atoms with Crippen LogP contribution in [0.1, 0.15) is 34.6 Å². The molecule has 184 valence electrons. The van der Waals surface area contributed by atoms with Gasteiger partial charge in [0.1, 0.15) is 5.56 Å². The molecule has 0 unspecified atom stereocenters. The first kappa shape index (κ1) is 24.4. The van der Waals surface area contributed by atoms with Crippen LogP contribution < -0.4 is 16.6 Å². The first-order valence-corrected chi connectivity index (χ1v) is 12.5. The Kier molecular flexibility index (Phi) is 6.34. The topological polar surface area (TPSA) is 145 Å². The summed E-state index contributed by atoms with van der Waals surface area (Å²) in [5.41, 5.74) is 7.34. The van der Waals surface area contributed by atoms with Crippen molar-refractivity contribution >= 4 is 38.2 Å². The molecule has 0 aliphatic heterocycles. The summed E-state index contributed by atoms with van der Waals surface area (Å²) in [6.07, 6.45) is 3.17. The van der Waals surface area contributed by atoms with Gasteiger partial charge in [-0.15, -0.1) is 5.10 Å². The van der Waals surface area contributed by atoms with Gasteiger partial charge in [0.15, 0.2) is 11.5 Å². The summed E-state index contributed by atoms with van der Waals surface area (Å²) < 4.78 is 28.8. The highest BCUT2D eigenvalue weighted by Crippen LogP contribution is 2.22. The standard InChI is InChI=1S/C23H27N7O4S/c1-14-7-5-8-16-13-17(29(23(32)18(14)16)11-12-35(33,34)28(3)4)15(2)26-22(31)19-20(24)27-30-10-6-9-25-21(19)30/h5-10,13,15H,11-12H2,1-4H3,(H2,24,27)(H,26,31)/t15-/m0/s1. The third kappa shape index (κ3) is 4.49. The molecule has 0 saturated heterocycles. The number of amides is 1. The number of nitrogens with zero attached hydrogens (tertiary/aromatic N) is 5. The number of aryl methyl sites for hydroxylation is 1. The highest BCUT2D eigenvalue weighted by Gasteiger charge is 2.24. The number of anilines is 1. The minimum Gasteiger partial charge on any atom is -0.381 e. The van der Waals surface area contributed by atoms with Crippen LogP contribution in [0.4, 0.5) is 5.82 Å². The van der Waals surface area contributed by atoms with Crippen LogP contribution in [0.2, 0.25) is 0 Å². The summed E-state index contributed by atoms with van der Waals surface area (Å²) in [6.45, 7) is 3.48. The van der Waals surface area contributed by atoms with Gasteiger partial charge in [-0.2, -0.15) is 0 Å². The SMILES string of the molecule is Cc1cccc2cc([C@H](C)NC(=O)c3c(N)nn4cccnc34)n(CCS(=O)(=O)N(C)C)c(=O)c12. The second kappa shape index (κ2) is 9.12. The molecule has 0 bridgehead atoms. The highest BCUT2D eigenvalue weighted by atomic mass is 32.2. The lowest BCUT2D eigenvalue weighted by Crippen LogP contribution is -2.35. The maximum atomic E-state index is 13.5. The van der Waals surface area contributed by atoms with E-state index in [9.17, 15) is 18.0 Å². The third-order valence-electron chi connectivity index (χ3n) is 5.95. The summed E-state index contributed by atoms with van der Waals surface area (Å²) in [6, 6.07) is 8.30. The Morgan fingerprint density at radius 3 is 2.71 bits per heavy atom. The molecule has 3 heterocycles. The van der Waals surface area contributed by atoms with E-state index < -0.39 is 22.0 Å². The molecule has 3 aromatic heterocycles. The second-order valence-corrected chi connectivity index (χ2v) is 10.8. The fourth-order valence-electron chi connectivity index (χ4n) is 4.04. The summed E-state index contributed by atoms with van der Waals surface area (Å²) in [5, 5.41) is 8.19. The van der Waals surface area contributed by atoms with Crippen LogP contribution in [-0.2, 0) is 16.6 Å². The Hall–Kier alpha value is -3.77. The minimum absolute atomic E-state index is 0.0250. The van der Waals surface area contributed by atoms with Crippen molar-refractivity contribution in [2.24, 2.45) is 0 Å². The van der Waals surface area contributed by atoms with E-state index in [0.717, 1.165) is 9.87 Å². The molecule has 0 radical (unpaired) electrons. The summed E-state index contributed by atoms with van der Waals surface area (Å²) in [7, 11) is -0.666. The van der Waals surface area contributed by atoms with Crippen LogP contribution in [0.3, 0.4) is 0 Å². The molecule has 3 N–H and O–H groups in total. The van der Waals surface area contributed by atoms with Gasteiger partial charge in [0, 0.05) is 38.7 Å². The zero-order chi connectivity index (χ0) is 25.5. The van der Waals surface area contributed by atoms with Gasteiger partial charge in [0.2, 0.25) is 10.0 Å². The Morgan fingerprint density at radius 2 is 2.00 bits per heavy atom. The number of nitrogen functional groups attached to an aromatic ring is 1. The van der Waals surface area contributed by atoms with E-state index in [1.165, 1.54) is 29.4 Å². The van der Waals surface area contributed by atoms with Gasteiger partial charge in [-0.1, -0.05) is 18.2 Å². The number of hydrogen-bond donors (Lipinski definition) is 2. The number of benzene rings is 1. The molecule has 0 saturated carbocycles. The molecule has 0 aliphatic rings. The molecular formula is C23H27N7O4S. The lowest BCUT2D eigenvalue weighted by atomic mass is 10.0. The molecular weight excluding hydrogens is 470 g/mol. The predicted octanol–water partition coefficient (Wildman–Crippen LogP) is 1.32. The number of hydrogen-bond acceptors (Lipinski definition) is 7. The number of fused-ring (bicyclic) bond motifs is 2. The number of nitrogens with one attached hydrogen (secondary N) is 1. The van der Waals surface area contributed by atoms with Gasteiger partial charge < -0.3 is 15.6 Å². The maximum absolute atomic E-state index is 13.5. The van der Waals surface area contributed by atoms with Crippen LogP contribution >= 0.6 is 0 Å². The van der Waals surface area contributed by atoms with Gasteiger partial charge >= 0.3 is 0 Å². The van der Waals surface area contributed by atoms with Crippen molar-refractivity contribution in [3.63, 3.8) is 0 Å². The van der Waals surface area contributed by atoms with Gasteiger partial charge in [0.25, 0.3) is 11.5 Å². The van der Waals surface area contributed by atoms with E-state index in [2.05, 4.69) is 15.4 Å². The fourth-order valence-corrected chi connectivity index (χ4v) is 4.81. The van der Waals surface area contributed by atoms with Crippen LogP contribution in [0.5, 0.6) is 0 Å². The number of carbonyl (C=O) groups is 1. The quantitative estimate of drug-likeness (QED) is 0.392. The molecule has 4 rings (SSSR count). The van der Waals surface area contributed by atoms with Crippen LogP contribution in [-0.4, -0.2) is 57.6 Å². The molecule has 4 aromatic rings. The monoisotopic (exact) mass is 497 g/mol. The number of rotatable bonds is 7. The number of nitrogens with two attached hydrogens (primary N) is 1. The van der Waals surface area contributed by atoms with Crippen LogP contribution in [0.25, 0.3) is 16.4 Å². The van der Waals surface area contributed by atoms with E-state index in [0.29, 0.717) is 22.1 Å². The van der Waals surface area contributed by atoms with E-state index in [1.54, 1.807) is 25.3 Å². The number of carbonyl (C=O) groups excluding carboxylic acids is 1. The highest BCUT2D eigenvalue weighted by molar-refractivity contribution is 7.89. The Bertz CT molecular complexity index is 1610. The lowest BCUT2D eigenvalue weighted by Gasteiger charge is -2.22. The third-order valence-corrected chi connectivity index (χ3v) is 7.76. The average Bonchev–Trinajstić information content (AvgIpc) is 3.13. The van der Waals surface area contributed by atoms with E-state index in [4.69, 9.17) is 5.73 Å². The van der Waals surface area contributed by atoms with Crippen molar-refractivity contribution in [3.8, 4) is 0 Å². The second-order valence-electron chi connectivity index (χ2n) is 8.51. The number of sulfonamides is 1. The van der Waals surface area contributed by atoms with Crippen molar-refractivity contribution in [1.82, 2.24) is 28.8 Å². The zero-order valence-corrected chi connectivity index (χ0v) is 20.7. The maximum Gasteiger partial charge on any atom is 0.259 e. The number of aromatic nitrogens is 4. The Labute approximate surface area is 202 Å². The largest absolute Gasteiger partial charge is 0.381 e. The fraction of sp³-hybridized carbons (Fsp3) is 0.304. The zero-order valence-electron chi connectivity index (χ0n) is 19.9. The van der Waals surface area contributed by atoms with Crippen LogP contribution in [0, 0.1) is 6.92 Å². The minimum atomic E-state index is -3.56. The van der Waals surface area contributed by atoms with E-state index in [1.807, 2.05) is 25.1 Å². The van der Waals surface area contributed by atoms with Gasteiger partial charge in [0.05, 0.1) is 17.2 Å². The number of pyridine rings is 1. The molecule has 1 amide bonds. The predicted molar refractivity (Wildman–Crippen MR) is 134 cm³/mol. The molecule has 0 aliphatic carbocycles. The van der Waals surface area contributed by atoms with Crippen molar-refractivity contribution in [1.29, 1.82) is 0 Å². The van der Waals surface area contributed by atoms with Crippen molar-refractivity contribution < 1.29 is 13.2 Å².